The molecule has 0 saturated heterocycles. The van der Waals surface area contributed by atoms with Crippen LogP contribution in [0.15, 0.2) is 54.6 Å². The number of ether oxygens (including phenoxy) is 4. The van der Waals surface area contributed by atoms with Gasteiger partial charge < -0.3 is 18.9 Å². The molecule has 0 spiro atoms. The molecule has 2 aromatic rings. The fraction of sp³-hybridized carbons (Fsp3) is 0.333. The highest BCUT2D eigenvalue weighted by Gasteiger charge is 2.12. The lowest BCUT2D eigenvalue weighted by Crippen LogP contribution is -2.16. The fourth-order valence-corrected chi connectivity index (χ4v) is 2.85. The van der Waals surface area contributed by atoms with Gasteiger partial charge in [0.1, 0.15) is 5.75 Å². The molecule has 0 fully saturated rings. The third kappa shape index (κ3) is 11.6. The molecule has 0 aromatic heterocycles. The molecule has 0 saturated carbocycles. The molecule has 200 valence electrons. The summed E-state index contributed by atoms with van der Waals surface area (Å²) in [5.74, 6) is 4.51. The molecule has 2 aromatic carbocycles. The summed E-state index contributed by atoms with van der Waals surface area (Å²) in [5.41, 5.74) is 2.38. The SMILES string of the molecule is CCC(C)C(=O)OCCCOC(=O)CCC(=O)Oc1ccc(C#Cc2ccc(/C=C/C(=O)OC)cc2)cc1. The Morgan fingerprint density at radius 2 is 1.42 bits per heavy atom. The lowest BCUT2D eigenvalue weighted by molar-refractivity contribution is -0.150. The van der Waals surface area contributed by atoms with Gasteiger partial charge >= 0.3 is 23.9 Å². The van der Waals surface area contributed by atoms with Crippen LogP contribution < -0.4 is 4.74 Å². The maximum Gasteiger partial charge on any atom is 0.330 e. The van der Waals surface area contributed by atoms with Crippen molar-refractivity contribution < 1.29 is 38.1 Å². The number of hydrogen-bond acceptors (Lipinski definition) is 8. The number of benzene rings is 2. The average molecular weight is 521 g/mol. The first kappa shape index (κ1) is 29.8. The molecule has 8 nitrogen and oxygen atoms in total. The number of carbonyl (C=O) groups is 4. The number of hydrogen-bond donors (Lipinski definition) is 0. The largest absolute Gasteiger partial charge is 0.466 e. The topological polar surface area (TPSA) is 105 Å². The molecule has 0 heterocycles. The van der Waals surface area contributed by atoms with Crippen molar-refractivity contribution in [3.63, 3.8) is 0 Å². The van der Waals surface area contributed by atoms with Crippen LogP contribution in [0.25, 0.3) is 6.08 Å². The Hall–Kier alpha value is -4.38. The molecule has 0 amide bonds. The molecule has 0 N–H and O–H groups in total. The van der Waals surface area contributed by atoms with Crippen LogP contribution in [0.1, 0.15) is 56.2 Å². The maximum absolute atomic E-state index is 12.0. The molecular formula is C30H32O8. The normalized spacial score (nSPS) is 11.1. The molecule has 0 aliphatic rings. The van der Waals surface area contributed by atoms with Crippen molar-refractivity contribution in [1.82, 2.24) is 0 Å². The Balaban J connectivity index is 1.70. The van der Waals surface area contributed by atoms with Crippen molar-refractivity contribution in [1.29, 1.82) is 0 Å². The Kier molecular flexibility index (Phi) is 12.9. The number of carbonyl (C=O) groups excluding carboxylic acids is 4. The fourth-order valence-electron chi connectivity index (χ4n) is 2.85. The van der Waals surface area contributed by atoms with E-state index in [2.05, 4.69) is 16.6 Å². The lowest BCUT2D eigenvalue weighted by Gasteiger charge is -2.09. The van der Waals surface area contributed by atoms with Gasteiger partial charge in [-0.15, -0.1) is 0 Å². The molecule has 0 bridgehead atoms. The molecule has 0 radical (unpaired) electrons. The van der Waals surface area contributed by atoms with Crippen LogP contribution in [0, 0.1) is 17.8 Å². The Morgan fingerprint density at radius 3 is 2.03 bits per heavy atom. The van der Waals surface area contributed by atoms with Crippen molar-refractivity contribution in [2.45, 2.75) is 39.5 Å². The van der Waals surface area contributed by atoms with E-state index in [1.165, 1.54) is 13.2 Å². The average Bonchev–Trinajstić information content (AvgIpc) is 2.94. The zero-order valence-electron chi connectivity index (χ0n) is 21.9. The summed E-state index contributed by atoms with van der Waals surface area (Å²) in [7, 11) is 1.32. The van der Waals surface area contributed by atoms with E-state index in [0.717, 1.165) is 16.7 Å². The van der Waals surface area contributed by atoms with E-state index in [-0.39, 0.29) is 37.9 Å². The van der Waals surface area contributed by atoms with Gasteiger partial charge in [0.15, 0.2) is 0 Å². The van der Waals surface area contributed by atoms with E-state index in [0.29, 0.717) is 18.6 Å². The van der Waals surface area contributed by atoms with Crippen LogP contribution in [-0.4, -0.2) is 44.2 Å². The molecule has 1 atom stereocenters. The van der Waals surface area contributed by atoms with E-state index in [1.54, 1.807) is 37.3 Å². The van der Waals surface area contributed by atoms with Gasteiger partial charge in [-0.25, -0.2) is 4.79 Å². The quantitative estimate of drug-likeness (QED) is 0.101. The van der Waals surface area contributed by atoms with E-state index >= 15 is 0 Å². The monoisotopic (exact) mass is 520 g/mol. The second-order valence-corrected chi connectivity index (χ2v) is 8.28. The minimum Gasteiger partial charge on any atom is -0.466 e. The van der Waals surface area contributed by atoms with E-state index in [4.69, 9.17) is 14.2 Å². The summed E-state index contributed by atoms with van der Waals surface area (Å²) in [6.45, 7) is 3.99. The smallest absolute Gasteiger partial charge is 0.330 e. The molecule has 1 unspecified atom stereocenters. The van der Waals surface area contributed by atoms with Gasteiger partial charge in [0.05, 0.1) is 39.1 Å². The van der Waals surface area contributed by atoms with E-state index in [1.807, 2.05) is 31.2 Å². The predicted molar refractivity (Wildman–Crippen MR) is 141 cm³/mol. The standard InChI is InChI=1S/C30H32O8/c1-4-22(2)30(34)37-21-5-20-36-28(32)18-19-29(33)38-26-15-12-25(13-16-26)11-8-23-6-9-24(10-7-23)14-17-27(31)35-3/h6-7,9-10,12-17,22H,4-5,18-21H2,1-3H3/b17-14+. The first-order chi connectivity index (χ1) is 18.3. The highest BCUT2D eigenvalue weighted by atomic mass is 16.6. The first-order valence-electron chi connectivity index (χ1n) is 12.3. The molecule has 0 aliphatic carbocycles. The van der Waals surface area contributed by atoms with Crippen LogP contribution in [0.4, 0.5) is 0 Å². The highest BCUT2D eigenvalue weighted by Crippen LogP contribution is 2.13. The van der Waals surface area contributed by atoms with Crippen molar-refractivity contribution in [3.05, 3.63) is 71.3 Å². The van der Waals surface area contributed by atoms with Crippen LogP contribution in [0.3, 0.4) is 0 Å². The van der Waals surface area contributed by atoms with Gasteiger partial charge in [0, 0.05) is 23.6 Å². The first-order valence-corrected chi connectivity index (χ1v) is 12.3. The van der Waals surface area contributed by atoms with Gasteiger partial charge in [0.2, 0.25) is 0 Å². The van der Waals surface area contributed by atoms with Crippen LogP contribution in [-0.2, 0) is 33.4 Å². The maximum atomic E-state index is 12.0. The number of methoxy groups -OCH3 is 1. The van der Waals surface area contributed by atoms with Crippen molar-refractivity contribution in [3.8, 4) is 17.6 Å². The van der Waals surface area contributed by atoms with Crippen molar-refractivity contribution in [2.24, 2.45) is 5.92 Å². The molecule has 38 heavy (non-hydrogen) atoms. The Labute approximate surface area is 222 Å². The van der Waals surface area contributed by atoms with Crippen molar-refractivity contribution >= 4 is 30.0 Å². The summed E-state index contributed by atoms with van der Waals surface area (Å²) in [6.07, 6.45) is 3.88. The van der Waals surface area contributed by atoms with Gasteiger partial charge in [0.25, 0.3) is 0 Å². The van der Waals surface area contributed by atoms with Gasteiger partial charge in [-0.05, 0) is 54.5 Å². The van der Waals surface area contributed by atoms with Gasteiger partial charge in [-0.3, -0.25) is 14.4 Å². The summed E-state index contributed by atoms with van der Waals surface area (Å²) in [5, 5.41) is 0. The number of rotatable bonds is 12. The van der Waals surface area contributed by atoms with E-state index in [9.17, 15) is 19.2 Å². The third-order valence-corrected chi connectivity index (χ3v) is 5.30. The summed E-state index contributed by atoms with van der Waals surface area (Å²) >= 11 is 0. The second kappa shape index (κ2) is 16.4. The summed E-state index contributed by atoms with van der Waals surface area (Å²) in [6, 6.07) is 14.1. The zero-order chi connectivity index (χ0) is 27.8. The van der Waals surface area contributed by atoms with Crippen LogP contribution in [0.2, 0.25) is 0 Å². The summed E-state index contributed by atoms with van der Waals surface area (Å²) < 4.78 is 19.9. The zero-order valence-corrected chi connectivity index (χ0v) is 21.9. The molecule has 2 rings (SSSR count). The number of esters is 4. The molecule has 0 aliphatic heterocycles. The van der Waals surface area contributed by atoms with Crippen LogP contribution >= 0.6 is 0 Å². The van der Waals surface area contributed by atoms with Crippen molar-refractivity contribution in [2.75, 3.05) is 20.3 Å². The Bertz CT molecular complexity index is 1170. The van der Waals surface area contributed by atoms with Crippen LogP contribution in [0.5, 0.6) is 5.75 Å². The lowest BCUT2D eigenvalue weighted by atomic mass is 10.1. The molecule has 8 heteroatoms. The molecular weight excluding hydrogens is 488 g/mol. The predicted octanol–water partition coefficient (Wildman–Crippen LogP) is 4.48. The van der Waals surface area contributed by atoms with E-state index < -0.39 is 17.9 Å². The second-order valence-electron chi connectivity index (χ2n) is 8.28. The third-order valence-electron chi connectivity index (χ3n) is 5.30. The minimum absolute atomic E-state index is 0.105. The highest BCUT2D eigenvalue weighted by molar-refractivity contribution is 5.86. The van der Waals surface area contributed by atoms with Gasteiger partial charge in [-0.1, -0.05) is 37.8 Å². The Morgan fingerprint density at radius 1 is 0.842 bits per heavy atom. The minimum atomic E-state index is -0.551. The van der Waals surface area contributed by atoms with Gasteiger partial charge in [-0.2, -0.15) is 0 Å². The summed E-state index contributed by atoms with van der Waals surface area (Å²) in [4.78, 5) is 46.6.